The minimum absolute atomic E-state index is 0.126. The van der Waals surface area contributed by atoms with E-state index in [1.54, 1.807) is 24.4 Å². The van der Waals surface area contributed by atoms with Gasteiger partial charge in [-0.3, -0.25) is 24.8 Å². The van der Waals surface area contributed by atoms with Crippen molar-refractivity contribution in [2.45, 2.75) is 13.0 Å². The van der Waals surface area contributed by atoms with E-state index in [4.69, 9.17) is 0 Å². The van der Waals surface area contributed by atoms with Gasteiger partial charge in [0.1, 0.15) is 5.69 Å². The molecule has 1 aliphatic heterocycles. The Morgan fingerprint density at radius 3 is 2.68 bits per heavy atom. The summed E-state index contributed by atoms with van der Waals surface area (Å²) in [6.07, 6.45) is 1.62. The number of nitro groups is 1. The van der Waals surface area contributed by atoms with Gasteiger partial charge in [0, 0.05) is 43.8 Å². The highest BCUT2D eigenvalue weighted by molar-refractivity contribution is 6.06. The Hall–Kier alpha value is -2.58. The normalized spacial score (nSPS) is 17.4. The fraction of sp³-hybridized carbons (Fsp3) is 0.412. The number of rotatable bonds is 4. The summed E-state index contributed by atoms with van der Waals surface area (Å²) in [6, 6.07) is 6.04. The zero-order chi connectivity index (χ0) is 18.0. The number of pyridine rings is 1. The molecule has 2 heterocycles. The predicted molar refractivity (Wildman–Crippen MR) is 95.6 cm³/mol. The summed E-state index contributed by atoms with van der Waals surface area (Å²) in [6.45, 7) is 5.22. The van der Waals surface area contributed by atoms with E-state index < -0.39 is 4.92 Å². The van der Waals surface area contributed by atoms with Crippen LogP contribution in [0.25, 0.3) is 10.9 Å². The number of nitro benzene ring substituents is 1. The van der Waals surface area contributed by atoms with Crippen LogP contribution in [0.4, 0.5) is 11.4 Å². The first-order valence-corrected chi connectivity index (χ1v) is 8.23. The third-order valence-electron chi connectivity index (χ3n) is 4.67. The van der Waals surface area contributed by atoms with Gasteiger partial charge < -0.3 is 10.2 Å². The molecule has 1 saturated heterocycles. The molecule has 0 bridgehead atoms. The average molecular weight is 343 g/mol. The van der Waals surface area contributed by atoms with Crippen molar-refractivity contribution in [1.29, 1.82) is 0 Å². The van der Waals surface area contributed by atoms with E-state index in [9.17, 15) is 14.9 Å². The maximum Gasteiger partial charge on any atom is 0.293 e. The second-order valence-electron chi connectivity index (χ2n) is 6.29. The molecule has 2 aromatic rings. The zero-order valence-corrected chi connectivity index (χ0v) is 14.3. The molecule has 0 radical (unpaired) electrons. The lowest BCUT2D eigenvalue weighted by Crippen LogP contribution is -2.51. The van der Waals surface area contributed by atoms with Crippen LogP contribution in [0.1, 0.15) is 6.92 Å². The minimum Gasteiger partial charge on any atom is -0.318 e. The average Bonchev–Trinajstić information content (AvgIpc) is 2.61. The van der Waals surface area contributed by atoms with Gasteiger partial charge in [-0.2, -0.15) is 0 Å². The van der Waals surface area contributed by atoms with Crippen LogP contribution in [0.2, 0.25) is 0 Å². The fourth-order valence-electron chi connectivity index (χ4n) is 3.03. The van der Waals surface area contributed by atoms with Crippen LogP contribution in [0.5, 0.6) is 0 Å². The first kappa shape index (κ1) is 17.2. The molecule has 1 N–H and O–H groups in total. The molecular weight excluding hydrogens is 322 g/mol. The van der Waals surface area contributed by atoms with Gasteiger partial charge in [0.25, 0.3) is 5.69 Å². The predicted octanol–water partition coefficient (Wildman–Crippen LogP) is 1.72. The van der Waals surface area contributed by atoms with E-state index in [0.717, 1.165) is 26.2 Å². The second-order valence-corrected chi connectivity index (χ2v) is 6.29. The number of benzene rings is 1. The second kappa shape index (κ2) is 7.12. The minimum atomic E-state index is -0.484. The number of anilines is 1. The Labute approximate surface area is 145 Å². The summed E-state index contributed by atoms with van der Waals surface area (Å²) >= 11 is 0. The standard InChI is InChI=1S/C17H21N5O3/c1-12(21-10-8-20(2)9-11-21)17(23)19-16-13-4-3-7-18-14(13)5-6-15(16)22(24)25/h3-7,12H,8-11H2,1-2H3,(H,19,23). The quantitative estimate of drug-likeness (QED) is 0.671. The van der Waals surface area contributed by atoms with Gasteiger partial charge in [0.2, 0.25) is 5.91 Å². The number of nitrogens with one attached hydrogen (secondary N) is 1. The first-order chi connectivity index (χ1) is 12.0. The number of piperazine rings is 1. The number of hydrogen-bond donors (Lipinski definition) is 1. The topological polar surface area (TPSA) is 91.6 Å². The van der Waals surface area contributed by atoms with Crippen molar-refractivity contribution in [3.63, 3.8) is 0 Å². The fourth-order valence-corrected chi connectivity index (χ4v) is 3.03. The highest BCUT2D eigenvalue weighted by Crippen LogP contribution is 2.32. The van der Waals surface area contributed by atoms with E-state index in [1.807, 2.05) is 6.92 Å². The van der Waals surface area contributed by atoms with E-state index in [2.05, 4.69) is 27.1 Å². The van der Waals surface area contributed by atoms with Crippen LogP contribution in [0, 0.1) is 10.1 Å². The summed E-state index contributed by atoms with van der Waals surface area (Å²) in [5.41, 5.74) is 0.691. The maximum absolute atomic E-state index is 12.7. The van der Waals surface area contributed by atoms with E-state index >= 15 is 0 Å². The maximum atomic E-state index is 12.7. The van der Waals surface area contributed by atoms with Crippen molar-refractivity contribution in [3.05, 3.63) is 40.6 Å². The van der Waals surface area contributed by atoms with E-state index in [0.29, 0.717) is 10.9 Å². The Bertz CT molecular complexity index is 802. The summed E-state index contributed by atoms with van der Waals surface area (Å²) < 4.78 is 0. The molecule has 0 aliphatic carbocycles. The number of aromatic nitrogens is 1. The largest absolute Gasteiger partial charge is 0.318 e. The molecule has 3 rings (SSSR count). The molecule has 0 spiro atoms. The molecule has 1 unspecified atom stereocenters. The number of fused-ring (bicyclic) bond motifs is 1. The molecule has 1 aliphatic rings. The number of likely N-dealkylation sites (N-methyl/N-ethyl adjacent to an activating group) is 1. The van der Waals surface area contributed by atoms with Gasteiger partial charge in [-0.05, 0) is 32.2 Å². The Balaban J connectivity index is 1.87. The summed E-state index contributed by atoms with van der Waals surface area (Å²) in [5, 5.41) is 14.7. The number of amides is 1. The number of nitrogens with zero attached hydrogens (tertiary/aromatic N) is 4. The van der Waals surface area contributed by atoms with Gasteiger partial charge in [-0.15, -0.1) is 0 Å². The third-order valence-corrected chi connectivity index (χ3v) is 4.67. The lowest BCUT2D eigenvalue weighted by molar-refractivity contribution is -0.383. The van der Waals surface area contributed by atoms with Crippen LogP contribution >= 0.6 is 0 Å². The smallest absolute Gasteiger partial charge is 0.293 e. The van der Waals surface area contributed by atoms with E-state index in [1.165, 1.54) is 6.07 Å². The molecule has 0 saturated carbocycles. The van der Waals surface area contributed by atoms with Crippen molar-refractivity contribution in [1.82, 2.24) is 14.8 Å². The molecule has 1 aromatic heterocycles. The summed E-state index contributed by atoms with van der Waals surface area (Å²) in [4.78, 5) is 32.1. The summed E-state index contributed by atoms with van der Waals surface area (Å²) in [5.74, 6) is -0.246. The highest BCUT2D eigenvalue weighted by Gasteiger charge is 2.27. The lowest BCUT2D eigenvalue weighted by Gasteiger charge is -2.35. The molecule has 25 heavy (non-hydrogen) atoms. The zero-order valence-electron chi connectivity index (χ0n) is 14.3. The van der Waals surface area contributed by atoms with Crippen LogP contribution in [-0.4, -0.2) is 64.9 Å². The van der Waals surface area contributed by atoms with Crippen molar-refractivity contribution in [2.24, 2.45) is 0 Å². The number of hydrogen-bond acceptors (Lipinski definition) is 6. The number of carbonyl (C=O) groups excluding carboxylic acids is 1. The van der Waals surface area contributed by atoms with Crippen LogP contribution in [0.15, 0.2) is 30.5 Å². The Morgan fingerprint density at radius 1 is 1.28 bits per heavy atom. The molecule has 8 nitrogen and oxygen atoms in total. The number of carbonyl (C=O) groups is 1. The molecule has 132 valence electrons. The van der Waals surface area contributed by atoms with Crippen LogP contribution in [-0.2, 0) is 4.79 Å². The summed E-state index contributed by atoms with van der Waals surface area (Å²) in [7, 11) is 2.05. The van der Waals surface area contributed by atoms with Crippen molar-refractivity contribution in [2.75, 3.05) is 38.5 Å². The van der Waals surface area contributed by atoms with E-state index in [-0.39, 0.29) is 23.3 Å². The lowest BCUT2D eigenvalue weighted by atomic mass is 10.1. The van der Waals surface area contributed by atoms with Crippen molar-refractivity contribution in [3.8, 4) is 0 Å². The first-order valence-electron chi connectivity index (χ1n) is 8.23. The molecule has 1 aromatic carbocycles. The van der Waals surface area contributed by atoms with Gasteiger partial charge in [-0.25, -0.2) is 0 Å². The Morgan fingerprint density at radius 2 is 2.00 bits per heavy atom. The molecule has 1 atom stereocenters. The van der Waals surface area contributed by atoms with Gasteiger partial charge in [0.05, 0.1) is 16.5 Å². The van der Waals surface area contributed by atoms with Gasteiger partial charge >= 0.3 is 0 Å². The van der Waals surface area contributed by atoms with Gasteiger partial charge in [-0.1, -0.05) is 0 Å². The molecular formula is C17H21N5O3. The van der Waals surface area contributed by atoms with Gasteiger partial charge in [0.15, 0.2) is 0 Å². The molecule has 8 heteroatoms. The SMILES string of the molecule is CC(C(=O)Nc1c([N+](=O)[O-])ccc2ncccc12)N1CCN(C)CC1. The Kier molecular flexibility index (Phi) is 4.91. The third kappa shape index (κ3) is 3.59. The van der Waals surface area contributed by atoms with Crippen LogP contribution < -0.4 is 5.32 Å². The van der Waals surface area contributed by atoms with Crippen molar-refractivity contribution < 1.29 is 9.72 Å². The molecule has 1 amide bonds. The monoisotopic (exact) mass is 343 g/mol. The highest BCUT2D eigenvalue weighted by atomic mass is 16.6. The van der Waals surface area contributed by atoms with Crippen molar-refractivity contribution >= 4 is 28.2 Å². The van der Waals surface area contributed by atoms with Crippen LogP contribution in [0.3, 0.4) is 0 Å². The molecule has 1 fully saturated rings.